The van der Waals surface area contributed by atoms with Gasteiger partial charge in [-0.3, -0.25) is 4.98 Å². The average Bonchev–Trinajstić information content (AvgIpc) is 2.05. The number of allylic oxidation sites excluding steroid dienone is 1. The van der Waals surface area contributed by atoms with E-state index in [2.05, 4.69) is 4.98 Å². The molecule has 2 rings (SSSR count). The maximum absolute atomic E-state index is 5.18. The van der Waals surface area contributed by atoms with E-state index in [-0.39, 0.29) is 0 Å². The Kier molecular flexibility index (Phi) is 1.17. The second-order valence-electron chi connectivity index (χ2n) is 2.18. The van der Waals surface area contributed by atoms with Gasteiger partial charge >= 0.3 is 0 Å². The summed E-state index contributed by atoms with van der Waals surface area (Å²) in [6.07, 6.45) is 8.16. The highest BCUT2D eigenvalue weighted by atomic mass is 16.5. The monoisotopic (exact) mass is 133 g/mol. The molecule has 50 valence electrons. The lowest BCUT2D eigenvalue weighted by Gasteiger charge is -2.08. The third-order valence-corrected chi connectivity index (χ3v) is 1.50. The Morgan fingerprint density at radius 1 is 1.50 bits per heavy atom. The summed E-state index contributed by atoms with van der Waals surface area (Å²) in [5, 5.41) is 0. The van der Waals surface area contributed by atoms with Crippen LogP contribution in [0.4, 0.5) is 0 Å². The van der Waals surface area contributed by atoms with Crippen molar-refractivity contribution in [3.8, 4) is 5.75 Å². The van der Waals surface area contributed by atoms with Crippen molar-refractivity contribution in [2.24, 2.45) is 0 Å². The van der Waals surface area contributed by atoms with Gasteiger partial charge in [0, 0.05) is 11.8 Å². The van der Waals surface area contributed by atoms with Gasteiger partial charge in [-0.2, -0.15) is 0 Å². The van der Waals surface area contributed by atoms with E-state index in [1.807, 2.05) is 12.1 Å². The minimum atomic E-state index is 0.880. The van der Waals surface area contributed by atoms with Gasteiger partial charge in [-0.15, -0.1) is 0 Å². The number of ether oxygens (including phenoxy) is 1. The molecule has 10 heavy (non-hydrogen) atoms. The van der Waals surface area contributed by atoms with Crippen molar-refractivity contribution in [2.45, 2.75) is 6.42 Å². The fraction of sp³-hybridized carbons (Fsp3) is 0.125. The lowest BCUT2D eigenvalue weighted by Crippen LogP contribution is -1.95. The number of aromatic nitrogens is 1. The van der Waals surface area contributed by atoms with Crippen LogP contribution in [0.3, 0.4) is 0 Å². The normalized spacial score (nSPS) is 14.0. The number of nitrogens with zero attached hydrogens (tertiary/aromatic N) is 1. The third kappa shape index (κ3) is 0.778. The molecule has 0 aromatic carbocycles. The van der Waals surface area contributed by atoms with Gasteiger partial charge in [-0.1, -0.05) is 0 Å². The second-order valence-corrected chi connectivity index (χ2v) is 2.18. The zero-order chi connectivity index (χ0) is 6.81. The van der Waals surface area contributed by atoms with Gasteiger partial charge in [0.2, 0.25) is 0 Å². The number of hydrogen-bond acceptors (Lipinski definition) is 2. The molecular formula is C8H7NO. The molecule has 0 amide bonds. The number of rotatable bonds is 0. The van der Waals surface area contributed by atoms with Crippen LogP contribution in [-0.2, 0) is 6.42 Å². The molecule has 2 nitrogen and oxygen atoms in total. The summed E-state index contributed by atoms with van der Waals surface area (Å²) < 4.78 is 5.18. The molecule has 0 fully saturated rings. The van der Waals surface area contributed by atoms with Crippen LogP contribution in [0, 0.1) is 0 Å². The molecule has 0 saturated heterocycles. The Bertz CT molecular complexity index is 241. The van der Waals surface area contributed by atoms with Gasteiger partial charge in [0.05, 0.1) is 12.5 Å². The highest BCUT2D eigenvalue weighted by Crippen LogP contribution is 2.20. The van der Waals surface area contributed by atoms with Crippen molar-refractivity contribution < 1.29 is 4.74 Å². The van der Waals surface area contributed by atoms with Gasteiger partial charge in [-0.25, -0.2) is 0 Å². The van der Waals surface area contributed by atoms with Crippen molar-refractivity contribution in [1.29, 1.82) is 0 Å². The Balaban J connectivity index is 2.47. The van der Waals surface area contributed by atoms with Crippen LogP contribution in [0.5, 0.6) is 5.75 Å². The van der Waals surface area contributed by atoms with E-state index in [0.29, 0.717) is 0 Å². The molecule has 0 N–H and O–H groups in total. The Hall–Kier alpha value is -1.31. The summed E-state index contributed by atoms with van der Waals surface area (Å²) in [5.74, 6) is 0.880. The zero-order valence-corrected chi connectivity index (χ0v) is 5.45. The highest BCUT2D eigenvalue weighted by Gasteiger charge is 2.03. The van der Waals surface area contributed by atoms with E-state index in [0.717, 1.165) is 12.2 Å². The molecule has 0 atom stereocenters. The van der Waals surface area contributed by atoms with E-state index in [9.17, 15) is 0 Å². The van der Waals surface area contributed by atoms with Gasteiger partial charge in [0.25, 0.3) is 0 Å². The van der Waals surface area contributed by atoms with E-state index < -0.39 is 0 Å². The average molecular weight is 133 g/mol. The van der Waals surface area contributed by atoms with Gasteiger partial charge in [-0.05, 0) is 18.6 Å². The van der Waals surface area contributed by atoms with Gasteiger partial charge < -0.3 is 4.74 Å². The predicted molar refractivity (Wildman–Crippen MR) is 37.7 cm³/mol. The van der Waals surface area contributed by atoms with Crippen molar-refractivity contribution in [3.05, 3.63) is 36.4 Å². The first-order valence-electron chi connectivity index (χ1n) is 3.21. The molecule has 0 unspecified atom stereocenters. The summed E-state index contributed by atoms with van der Waals surface area (Å²) in [4.78, 5) is 3.94. The Morgan fingerprint density at radius 2 is 2.50 bits per heavy atom. The predicted octanol–water partition coefficient (Wildman–Crippen LogP) is 1.53. The number of pyridine rings is 1. The van der Waals surface area contributed by atoms with Crippen LogP contribution in [-0.4, -0.2) is 4.98 Å². The fourth-order valence-corrected chi connectivity index (χ4v) is 0.980. The molecule has 1 aromatic rings. The Morgan fingerprint density at radius 3 is 3.40 bits per heavy atom. The van der Waals surface area contributed by atoms with E-state index in [1.165, 1.54) is 5.56 Å². The number of fused-ring (bicyclic) bond motifs is 1. The van der Waals surface area contributed by atoms with Gasteiger partial charge in [0.1, 0.15) is 5.75 Å². The molecular weight excluding hydrogens is 126 g/mol. The molecule has 1 aliphatic heterocycles. The first kappa shape index (κ1) is 5.47. The fourth-order valence-electron chi connectivity index (χ4n) is 0.980. The van der Waals surface area contributed by atoms with Crippen molar-refractivity contribution in [2.75, 3.05) is 0 Å². The SMILES string of the molecule is C1=COc2cnccc2C1. The van der Waals surface area contributed by atoms with Crippen LogP contribution >= 0.6 is 0 Å². The smallest absolute Gasteiger partial charge is 0.148 e. The maximum atomic E-state index is 5.18. The molecule has 1 aliphatic rings. The molecule has 2 heterocycles. The second kappa shape index (κ2) is 2.14. The van der Waals surface area contributed by atoms with Crippen LogP contribution in [0.25, 0.3) is 0 Å². The quantitative estimate of drug-likeness (QED) is 0.535. The molecule has 0 spiro atoms. The summed E-state index contributed by atoms with van der Waals surface area (Å²) in [7, 11) is 0. The molecule has 1 aromatic heterocycles. The summed E-state index contributed by atoms with van der Waals surface area (Å²) >= 11 is 0. The molecule has 0 radical (unpaired) electrons. The number of hydrogen-bond donors (Lipinski definition) is 0. The van der Waals surface area contributed by atoms with E-state index >= 15 is 0 Å². The lowest BCUT2D eigenvalue weighted by molar-refractivity contribution is 0.462. The van der Waals surface area contributed by atoms with Crippen LogP contribution in [0.2, 0.25) is 0 Å². The minimum absolute atomic E-state index is 0.880. The highest BCUT2D eigenvalue weighted by molar-refractivity contribution is 5.34. The minimum Gasteiger partial charge on any atom is -0.463 e. The lowest BCUT2D eigenvalue weighted by atomic mass is 10.1. The maximum Gasteiger partial charge on any atom is 0.148 e. The molecule has 0 bridgehead atoms. The summed E-state index contributed by atoms with van der Waals surface area (Å²) in [6.45, 7) is 0. The van der Waals surface area contributed by atoms with E-state index in [1.54, 1.807) is 18.7 Å². The summed E-state index contributed by atoms with van der Waals surface area (Å²) in [6, 6.07) is 1.97. The molecule has 2 heteroatoms. The Labute approximate surface area is 59.2 Å². The first-order valence-corrected chi connectivity index (χ1v) is 3.21. The van der Waals surface area contributed by atoms with E-state index in [4.69, 9.17) is 4.74 Å². The standard InChI is InChI=1S/C8H7NO/c1-2-7-3-4-9-6-8(7)10-5-1/h1,3-6H,2H2. The van der Waals surface area contributed by atoms with Crippen molar-refractivity contribution in [3.63, 3.8) is 0 Å². The third-order valence-electron chi connectivity index (χ3n) is 1.50. The van der Waals surface area contributed by atoms with Crippen LogP contribution in [0.1, 0.15) is 5.56 Å². The topological polar surface area (TPSA) is 22.1 Å². The van der Waals surface area contributed by atoms with Crippen molar-refractivity contribution in [1.82, 2.24) is 4.98 Å². The largest absolute Gasteiger partial charge is 0.463 e. The molecule has 0 aliphatic carbocycles. The van der Waals surface area contributed by atoms with Crippen molar-refractivity contribution >= 4 is 0 Å². The molecule has 0 saturated carbocycles. The zero-order valence-electron chi connectivity index (χ0n) is 5.45. The summed E-state index contributed by atoms with van der Waals surface area (Å²) in [5.41, 5.74) is 1.21. The first-order chi connectivity index (χ1) is 4.97. The van der Waals surface area contributed by atoms with Crippen LogP contribution in [0.15, 0.2) is 30.8 Å². The van der Waals surface area contributed by atoms with Gasteiger partial charge in [0.15, 0.2) is 0 Å². The van der Waals surface area contributed by atoms with Crippen LogP contribution < -0.4 is 4.74 Å².